The van der Waals surface area contributed by atoms with Crippen LogP contribution < -0.4 is 5.73 Å². The second-order valence-electron chi connectivity index (χ2n) is 6.57. The standard InChI is InChI=1S/C19H37NO3/c1-3-4-10-15-18(22)19(23)17(20)14-12-9-7-5-6-8-11-13-16(2)21/h12,14,17-19,22-23H,3-11,13,15,20H2,1-2H3. The van der Waals surface area contributed by atoms with E-state index < -0.39 is 18.2 Å². The van der Waals surface area contributed by atoms with E-state index in [4.69, 9.17) is 5.73 Å². The van der Waals surface area contributed by atoms with Gasteiger partial charge in [0.2, 0.25) is 0 Å². The average molecular weight is 328 g/mol. The number of rotatable bonds is 15. The molecule has 136 valence electrons. The van der Waals surface area contributed by atoms with Crippen LogP contribution in [0.25, 0.3) is 0 Å². The molecule has 0 rings (SSSR count). The predicted molar refractivity (Wildman–Crippen MR) is 96.3 cm³/mol. The summed E-state index contributed by atoms with van der Waals surface area (Å²) in [6, 6.07) is -0.498. The first kappa shape index (κ1) is 22.3. The molecule has 3 unspecified atom stereocenters. The van der Waals surface area contributed by atoms with Crippen molar-refractivity contribution >= 4 is 5.78 Å². The van der Waals surface area contributed by atoms with Crippen LogP contribution in [0.5, 0.6) is 0 Å². The summed E-state index contributed by atoms with van der Waals surface area (Å²) in [4.78, 5) is 10.8. The number of ketones is 1. The lowest BCUT2D eigenvalue weighted by atomic mass is 10.00. The monoisotopic (exact) mass is 327 g/mol. The zero-order valence-electron chi connectivity index (χ0n) is 15.0. The van der Waals surface area contributed by atoms with E-state index in [2.05, 4.69) is 6.92 Å². The summed E-state index contributed by atoms with van der Waals surface area (Å²) in [5.74, 6) is 0.275. The van der Waals surface area contributed by atoms with E-state index in [1.165, 1.54) is 0 Å². The molecule has 0 amide bonds. The minimum atomic E-state index is -0.880. The number of allylic oxidation sites excluding steroid dienone is 1. The molecule has 3 atom stereocenters. The molecular formula is C19H37NO3. The van der Waals surface area contributed by atoms with Crippen LogP contribution in [0.3, 0.4) is 0 Å². The number of nitrogens with two attached hydrogens (primary N) is 1. The molecule has 4 heteroatoms. The quantitative estimate of drug-likeness (QED) is 0.317. The normalized spacial score (nSPS) is 15.7. The van der Waals surface area contributed by atoms with Crippen molar-refractivity contribution in [3.8, 4) is 0 Å². The van der Waals surface area contributed by atoms with Gasteiger partial charge in [0, 0.05) is 6.42 Å². The highest BCUT2D eigenvalue weighted by Gasteiger charge is 2.20. The third kappa shape index (κ3) is 13.4. The fourth-order valence-electron chi connectivity index (χ4n) is 2.56. The molecule has 0 aromatic carbocycles. The van der Waals surface area contributed by atoms with E-state index in [0.717, 1.165) is 57.8 Å². The summed E-state index contributed by atoms with van der Waals surface area (Å²) in [6.45, 7) is 3.75. The highest BCUT2D eigenvalue weighted by atomic mass is 16.3. The van der Waals surface area contributed by atoms with Crippen LogP contribution in [0.1, 0.15) is 84.5 Å². The summed E-state index contributed by atoms with van der Waals surface area (Å²) in [7, 11) is 0. The summed E-state index contributed by atoms with van der Waals surface area (Å²) in [5, 5.41) is 19.9. The molecule has 0 fully saturated rings. The molecule has 4 N–H and O–H groups in total. The average Bonchev–Trinajstić information content (AvgIpc) is 2.52. The predicted octanol–water partition coefficient (Wildman–Crippen LogP) is 3.49. The molecule has 0 heterocycles. The van der Waals surface area contributed by atoms with Crippen LogP contribution in [-0.4, -0.2) is 34.2 Å². The molecule has 0 aromatic rings. The summed E-state index contributed by atoms with van der Waals surface area (Å²) in [6.07, 6.45) is 13.1. The van der Waals surface area contributed by atoms with Gasteiger partial charge in [-0.1, -0.05) is 57.6 Å². The van der Waals surface area contributed by atoms with Gasteiger partial charge in [-0.2, -0.15) is 0 Å². The van der Waals surface area contributed by atoms with E-state index in [0.29, 0.717) is 12.8 Å². The van der Waals surface area contributed by atoms with Gasteiger partial charge < -0.3 is 20.7 Å². The summed E-state index contributed by atoms with van der Waals surface area (Å²) < 4.78 is 0. The Bertz CT molecular complexity index is 318. The highest BCUT2D eigenvalue weighted by molar-refractivity contribution is 5.75. The maximum Gasteiger partial charge on any atom is 0.129 e. The van der Waals surface area contributed by atoms with Gasteiger partial charge in [0.1, 0.15) is 5.78 Å². The van der Waals surface area contributed by atoms with E-state index in [-0.39, 0.29) is 5.78 Å². The summed E-state index contributed by atoms with van der Waals surface area (Å²) >= 11 is 0. The zero-order valence-corrected chi connectivity index (χ0v) is 15.0. The molecule has 0 saturated carbocycles. The van der Waals surface area contributed by atoms with Crippen LogP contribution in [0.2, 0.25) is 0 Å². The molecule has 0 saturated heterocycles. The maximum absolute atomic E-state index is 10.8. The van der Waals surface area contributed by atoms with E-state index in [9.17, 15) is 15.0 Å². The Hall–Kier alpha value is -0.710. The van der Waals surface area contributed by atoms with Crippen LogP contribution in [0.4, 0.5) is 0 Å². The fourth-order valence-corrected chi connectivity index (χ4v) is 2.56. The largest absolute Gasteiger partial charge is 0.390 e. The van der Waals surface area contributed by atoms with Crippen molar-refractivity contribution in [1.82, 2.24) is 0 Å². The maximum atomic E-state index is 10.8. The van der Waals surface area contributed by atoms with Gasteiger partial charge in [-0.25, -0.2) is 0 Å². The molecule has 0 aliphatic heterocycles. The number of carbonyl (C=O) groups is 1. The van der Waals surface area contributed by atoms with Crippen molar-refractivity contribution in [2.45, 2.75) is 103 Å². The molecule has 4 nitrogen and oxygen atoms in total. The van der Waals surface area contributed by atoms with Gasteiger partial charge in [-0.3, -0.25) is 0 Å². The van der Waals surface area contributed by atoms with Gasteiger partial charge in [-0.15, -0.1) is 0 Å². The van der Waals surface area contributed by atoms with Crippen molar-refractivity contribution in [2.75, 3.05) is 0 Å². The first-order valence-corrected chi connectivity index (χ1v) is 9.26. The Morgan fingerprint density at radius 1 is 1.04 bits per heavy atom. The molecule has 0 aliphatic rings. The third-order valence-corrected chi connectivity index (χ3v) is 4.15. The van der Waals surface area contributed by atoms with Crippen LogP contribution in [0.15, 0.2) is 12.2 Å². The summed E-state index contributed by atoms with van der Waals surface area (Å²) in [5.41, 5.74) is 5.90. The molecule has 0 aliphatic carbocycles. The number of carbonyl (C=O) groups excluding carboxylic acids is 1. The first-order chi connectivity index (χ1) is 11.0. The molecular weight excluding hydrogens is 290 g/mol. The van der Waals surface area contributed by atoms with Crippen molar-refractivity contribution in [3.63, 3.8) is 0 Å². The van der Waals surface area contributed by atoms with Gasteiger partial charge in [0.25, 0.3) is 0 Å². The van der Waals surface area contributed by atoms with Gasteiger partial charge >= 0.3 is 0 Å². The van der Waals surface area contributed by atoms with E-state index in [1.54, 1.807) is 6.92 Å². The van der Waals surface area contributed by atoms with Crippen molar-refractivity contribution in [1.29, 1.82) is 0 Å². The van der Waals surface area contributed by atoms with E-state index in [1.807, 2.05) is 12.2 Å². The molecule has 23 heavy (non-hydrogen) atoms. The second kappa shape index (κ2) is 14.9. The minimum Gasteiger partial charge on any atom is -0.390 e. The fraction of sp³-hybridized carbons (Fsp3) is 0.842. The Morgan fingerprint density at radius 2 is 1.70 bits per heavy atom. The lowest BCUT2D eigenvalue weighted by Gasteiger charge is -2.21. The number of Topliss-reactive ketones (excluding diaryl/α,β-unsaturated/α-hetero) is 1. The second-order valence-corrected chi connectivity index (χ2v) is 6.57. The van der Waals surface area contributed by atoms with Crippen molar-refractivity contribution < 1.29 is 15.0 Å². The van der Waals surface area contributed by atoms with Crippen LogP contribution in [-0.2, 0) is 4.79 Å². The molecule has 0 spiro atoms. The van der Waals surface area contributed by atoms with Crippen LogP contribution in [0, 0.1) is 0 Å². The zero-order chi connectivity index (χ0) is 17.5. The van der Waals surface area contributed by atoms with Gasteiger partial charge in [-0.05, 0) is 32.6 Å². The van der Waals surface area contributed by atoms with Crippen LogP contribution >= 0.6 is 0 Å². The Kier molecular flexibility index (Phi) is 14.4. The molecule has 0 bridgehead atoms. The SMILES string of the molecule is CCCCCC(O)C(O)C(N)C=CCCCCCCCC(C)=O. The van der Waals surface area contributed by atoms with Crippen molar-refractivity contribution in [2.24, 2.45) is 5.73 Å². The lowest BCUT2D eigenvalue weighted by molar-refractivity contribution is -0.117. The number of aliphatic hydroxyl groups is 2. The Labute approximate surface area is 142 Å². The number of aliphatic hydroxyl groups excluding tert-OH is 2. The Balaban J connectivity index is 3.66. The number of hydrogen-bond acceptors (Lipinski definition) is 4. The topological polar surface area (TPSA) is 83.6 Å². The van der Waals surface area contributed by atoms with Crippen molar-refractivity contribution in [3.05, 3.63) is 12.2 Å². The molecule has 0 radical (unpaired) electrons. The highest BCUT2D eigenvalue weighted by Crippen LogP contribution is 2.11. The number of hydrogen-bond donors (Lipinski definition) is 3. The number of unbranched alkanes of at least 4 members (excludes halogenated alkanes) is 7. The first-order valence-electron chi connectivity index (χ1n) is 9.26. The van der Waals surface area contributed by atoms with E-state index >= 15 is 0 Å². The third-order valence-electron chi connectivity index (χ3n) is 4.15. The van der Waals surface area contributed by atoms with Gasteiger partial charge in [0.05, 0.1) is 18.2 Å². The Morgan fingerprint density at radius 3 is 2.35 bits per heavy atom. The smallest absolute Gasteiger partial charge is 0.129 e. The van der Waals surface area contributed by atoms with Gasteiger partial charge in [0.15, 0.2) is 0 Å². The lowest BCUT2D eigenvalue weighted by Crippen LogP contribution is -2.41. The molecule has 0 aromatic heterocycles. The minimum absolute atomic E-state index is 0.275.